The molecule has 0 spiro atoms. The molecule has 58 heavy (non-hydrogen) atoms. The van der Waals surface area contributed by atoms with Crippen molar-refractivity contribution in [3.63, 3.8) is 0 Å². The van der Waals surface area contributed by atoms with E-state index >= 15 is 0 Å². The number of nitrogens with zero attached hydrogens (tertiary/aromatic N) is 1. The minimum absolute atomic E-state index is 1.23. The van der Waals surface area contributed by atoms with E-state index in [1.165, 1.54) is 86.4 Å². The van der Waals surface area contributed by atoms with Crippen LogP contribution in [0.5, 0.6) is 0 Å². The van der Waals surface area contributed by atoms with E-state index in [2.05, 4.69) is 242 Å². The molecule has 0 radical (unpaired) electrons. The lowest BCUT2D eigenvalue weighted by molar-refractivity contribution is 1.29. The highest BCUT2D eigenvalue weighted by atomic mass is 28.3. The van der Waals surface area contributed by atoms with Crippen LogP contribution in [0, 0.1) is 6.92 Å². The van der Waals surface area contributed by atoms with Gasteiger partial charge in [0.05, 0.1) is 0 Å². The molecule has 0 saturated heterocycles. The Morgan fingerprint density at radius 2 is 0.603 bits per heavy atom. The lowest BCUT2D eigenvalue weighted by Crippen LogP contribution is -2.82. The maximum absolute atomic E-state index is 3.00. The Balaban J connectivity index is 1.36. The Morgan fingerprint density at radius 1 is 0.293 bits per heavy atom. The van der Waals surface area contributed by atoms with Crippen molar-refractivity contribution in [1.82, 2.24) is 0 Å². The van der Waals surface area contributed by atoms with Crippen LogP contribution in [-0.2, 0) is 0 Å². The van der Waals surface area contributed by atoms with Gasteiger partial charge in [0, 0.05) is 17.1 Å². The fourth-order valence-corrected chi connectivity index (χ4v) is 20.9. The summed E-state index contributed by atoms with van der Waals surface area (Å²) >= 11 is 0. The molecule has 0 bridgehead atoms. The summed E-state index contributed by atoms with van der Waals surface area (Å²) in [6.07, 6.45) is 0. The van der Waals surface area contributed by atoms with Crippen LogP contribution in [0.25, 0.3) is 22.3 Å². The van der Waals surface area contributed by atoms with Gasteiger partial charge in [0.1, 0.15) is 0 Å². The summed E-state index contributed by atoms with van der Waals surface area (Å²) in [5, 5.41) is 11.4. The summed E-state index contributed by atoms with van der Waals surface area (Å²) in [7, 11) is -5.99. The quantitative estimate of drug-likeness (QED) is 0.154. The highest BCUT2D eigenvalue weighted by Crippen LogP contribution is 2.43. The molecule has 2 heterocycles. The third-order valence-corrected chi connectivity index (χ3v) is 22.2. The Bertz CT molecular complexity index is 2650. The second-order valence-electron chi connectivity index (χ2n) is 15.7. The van der Waals surface area contributed by atoms with Gasteiger partial charge in [-0.05, 0) is 82.8 Å². The molecule has 0 saturated carbocycles. The third-order valence-electron chi connectivity index (χ3n) is 12.6. The van der Waals surface area contributed by atoms with Gasteiger partial charge in [0.25, 0.3) is 0 Å². The molecule has 2 aliphatic heterocycles. The van der Waals surface area contributed by atoms with Gasteiger partial charge in [-0.15, -0.1) is 0 Å². The Morgan fingerprint density at radius 3 is 0.931 bits per heavy atom. The minimum atomic E-state index is -3.00. The molecule has 0 aromatic heterocycles. The van der Waals surface area contributed by atoms with Gasteiger partial charge >= 0.3 is 0 Å². The lowest BCUT2D eigenvalue weighted by atomic mass is 10.0. The maximum Gasteiger partial charge on any atom is 0.184 e. The zero-order valence-corrected chi connectivity index (χ0v) is 34.4. The first-order chi connectivity index (χ1) is 28.7. The van der Waals surface area contributed by atoms with Gasteiger partial charge in [-0.3, -0.25) is 0 Å². The molecule has 0 fully saturated rings. The highest BCUT2D eigenvalue weighted by molar-refractivity contribution is 7.24. The van der Waals surface area contributed by atoms with Gasteiger partial charge < -0.3 is 4.90 Å². The number of fused-ring (bicyclic) bond motifs is 4. The lowest BCUT2D eigenvalue weighted by Gasteiger charge is -2.52. The van der Waals surface area contributed by atoms with Gasteiger partial charge in [-0.2, -0.15) is 0 Å². The number of hydrogen-bond donors (Lipinski definition) is 0. The summed E-state index contributed by atoms with van der Waals surface area (Å²) in [5.74, 6) is 0. The number of aryl methyl sites for hydroxylation is 1. The predicted octanol–water partition coefficient (Wildman–Crippen LogP) is 8.18. The van der Waals surface area contributed by atoms with Crippen molar-refractivity contribution in [2.75, 3.05) is 4.90 Å². The molecule has 0 unspecified atom stereocenters. The molecule has 3 heteroatoms. The van der Waals surface area contributed by atoms with Crippen molar-refractivity contribution < 1.29 is 0 Å². The van der Waals surface area contributed by atoms with E-state index in [4.69, 9.17) is 0 Å². The van der Waals surface area contributed by atoms with Gasteiger partial charge in [-0.1, -0.05) is 224 Å². The molecule has 11 rings (SSSR count). The normalized spacial score (nSPS) is 14.2. The first-order valence-electron chi connectivity index (χ1n) is 20.3. The summed E-state index contributed by atoms with van der Waals surface area (Å²) in [6, 6.07) is 87.5. The average molecular weight is 772 g/mol. The Labute approximate surface area is 343 Å². The number of anilines is 3. The molecule has 9 aromatic carbocycles. The van der Waals surface area contributed by atoms with E-state index in [0.29, 0.717) is 0 Å². The topological polar surface area (TPSA) is 3.24 Å². The number of benzene rings is 9. The van der Waals surface area contributed by atoms with Crippen LogP contribution in [0.3, 0.4) is 0 Å². The monoisotopic (exact) mass is 771 g/mol. The molecule has 0 aliphatic carbocycles. The zero-order chi connectivity index (χ0) is 38.7. The van der Waals surface area contributed by atoms with Gasteiger partial charge in [-0.25, -0.2) is 0 Å². The van der Waals surface area contributed by atoms with Crippen LogP contribution < -0.4 is 46.4 Å². The second kappa shape index (κ2) is 13.7. The first kappa shape index (κ1) is 34.5. The minimum Gasteiger partial charge on any atom is -0.311 e. The van der Waals surface area contributed by atoms with Crippen molar-refractivity contribution in [2.45, 2.75) is 6.92 Å². The van der Waals surface area contributed by atoms with Gasteiger partial charge in [0.15, 0.2) is 16.1 Å². The molecular weight excluding hydrogens is 731 g/mol. The van der Waals surface area contributed by atoms with Crippen molar-refractivity contribution in [2.24, 2.45) is 0 Å². The molecule has 274 valence electrons. The largest absolute Gasteiger partial charge is 0.311 e. The first-order valence-corrected chi connectivity index (χ1v) is 24.3. The van der Waals surface area contributed by atoms with E-state index in [1.54, 1.807) is 0 Å². The summed E-state index contributed by atoms with van der Waals surface area (Å²) < 4.78 is 0. The van der Waals surface area contributed by atoms with E-state index < -0.39 is 16.1 Å². The van der Waals surface area contributed by atoms with Crippen molar-refractivity contribution >= 4 is 74.7 Å². The van der Waals surface area contributed by atoms with Crippen molar-refractivity contribution in [3.8, 4) is 22.3 Å². The van der Waals surface area contributed by atoms with Crippen LogP contribution in [0.2, 0.25) is 0 Å². The zero-order valence-electron chi connectivity index (χ0n) is 32.4. The number of rotatable bonds is 6. The molecule has 9 aromatic rings. The summed E-state index contributed by atoms with van der Waals surface area (Å²) in [5.41, 5.74) is 10.2. The van der Waals surface area contributed by atoms with Crippen LogP contribution >= 0.6 is 0 Å². The maximum atomic E-state index is 2.67. The van der Waals surface area contributed by atoms with Crippen LogP contribution in [0.4, 0.5) is 17.1 Å². The Kier molecular flexibility index (Phi) is 8.14. The van der Waals surface area contributed by atoms with Crippen LogP contribution in [0.1, 0.15) is 5.56 Å². The molecule has 0 N–H and O–H groups in total. The van der Waals surface area contributed by atoms with E-state index in [1.807, 2.05) is 0 Å². The molecule has 2 aliphatic rings. The average Bonchev–Trinajstić information content (AvgIpc) is 3.30. The predicted molar refractivity (Wildman–Crippen MR) is 251 cm³/mol. The van der Waals surface area contributed by atoms with E-state index in [0.717, 1.165) is 0 Å². The second-order valence-corrected chi connectivity index (χ2v) is 23.2. The molecular formula is C55H41NSi2. The standard InChI is InChI=1S/C55H41NSi2/c1-40-36-53-55-54(37-40)58(47-28-16-6-17-29-47,48-30-18-7-19-31-48)52-39-44(42-22-10-3-11-23-42)33-35-50(52)56(55)49-34-32-43(41-20-8-2-9-21-41)38-51(49)57(53,45-24-12-4-13-25-45)46-26-14-5-15-27-46/h2-39H,1H3. The summed E-state index contributed by atoms with van der Waals surface area (Å²) in [4.78, 5) is 2.67. The van der Waals surface area contributed by atoms with E-state index in [9.17, 15) is 0 Å². The molecule has 0 atom stereocenters. The van der Waals surface area contributed by atoms with Crippen LogP contribution in [0.15, 0.2) is 231 Å². The fourth-order valence-electron chi connectivity index (χ4n) is 10.3. The fraction of sp³-hybridized carbons (Fsp3) is 0.0182. The summed E-state index contributed by atoms with van der Waals surface area (Å²) in [6.45, 7) is 2.33. The Hall–Kier alpha value is -6.79. The smallest absolute Gasteiger partial charge is 0.184 e. The molecule has 0 amide bonds. The van der Waals surface area contributed by atoms with Crippen LogP contribution in [-0.4, -0.2) is 16.1 Å². The van der Waals surface area contributed by atoms with Crippen molar-refractivity contribution in [1.29, 1.82) is 0 Å². The van der Waals surface area contributed by atoms with Crippen molar-refractivity contribution in [3.05, 3.63) is 236 Å². The van der Waals surface area contributed by atoms with E-state index in [-0.39, 0.29) is 0 Å². The third kappa shape index (κ3) is 5.00. The SMILES string of the molecule is Cc1cc2c3c(c1)[Si](c1ccccc1)(c1ccccc1)c1cc(-c4ccccc4)ccc1N3c1ccc(-c3ccccc3)cc1[Si]2(c1ccccc1)c1ccccc1. The van der Waals surface area contributed by atoms with Gasteiger partial charge in [0.2, 0.25) is 0 Å². The number of hydrogen-bond acceptors (Lipinski definition) is 1. The highest BCUT2D eigenvalue weighted by Gasteiger charge is 2.56. The molecule has 1 nitrogen and oxygen atoms in total.